The van der Waals surface area contributed by atoms with Crippen LogP contribution in [0.2, 0.25) is 0 Å². The molecule has 1 heterocycles. The number of hydrogen-bond donors (Lipinski definition) is 2. The second-order valence-electron chi connectivity index (χ2n) is 8.83. The summed E-state index contributed by atoms with van der Waals surface area (Å²) >= 11 is 0. The molecule has 4 rings (SSSR count). The monoisotopic (exact) mass is 458 g/mol. The molecule has 34 heavy (non-hydrogen) atoms. The molecule has 3 N–H and O–H groups in total. The third kappa shape index (κ3) is 4.63. The van der Waals surface area contributed by atoms with E-state index in [1.807, 2.05) is 45.0 Å². The second kappa shape index (κ2) is 9.84. The maximum absolute atomic E-state index is 13.8. The van der Waals surface area contributed by atoms with E-state index in [1.165, 1.54) is 24.3 Å². The normalized spacial score (nSPS) is 12.2. The largest absolute Gasteiger partial charge is 0.392 e. The van der Waals surface area contributed by atoms with Crippen LogP contribution < -0.4 is 5.73 Å². The quantitative estimate of drug-likeness (QED) is 0.339. The summed E-state index contributed by atoms with van der Waals surface area (Å²) in [7, 11) is 0. The van der Waals surface area contributed by atoms with Crippen molar-refractivity contribution in [2.75, 3.05) is 0 Å². The van der Waals surface area contributed by atoms with Crippen LogP contribution >= 0.6 is 0 Å². The topological polar surface area (TPSA) is 59.1 Å². The Bertz CT molecular complexity index is 1280. The fourth-order valence-corrected chi connectivity index (χ4v) is 4.30. The predicted octanol–water partition coefficient (Wildman–Crippen LogP) is 6.67. The van der Waals surface area contributed by atoms with Crippen LogP contribution in [0.1, 0.15) is 53.8 Å². The van der Waals surface area contributed by atoms with E-state index in [4.69, 9.17) is 10.7 Å². The van der Waals surface area contributed by atoms with E-state index in [-0.39, 0.29) is 24.2 Å². The van der Waals surface area contributed by atoms with Crippen molar-refractivity contribution in [2.24, 2.45) is 5.73 Å². The lowest BCUT2D eigenvalue weighted by Crippen LogP contribution is -2.19. The smallest absolute Gasteiger partial charge is 0.123 e. The molecule has 0 saturated heterocycles. The van der Waals surface area contributed by atoms with Gasteiger partial charge in [-0.15, -0.1) is 0 Å². The zero-order chi connectivity index (χ0) is 24.4. The van der Waals surface area contributed by atoms with Gasteiger partial charge in [0, 0.05) is 22.4 Å². The number of hydrogen-bond acceptors (Lipinski definition) is 3. The first-order valence-corrected chi connectivity index (χ1v) is 11.3. The zero-order valence-corrected chi connectivity index (χ0v) is 19.5. The summed E-state index contributed by atoms with van der Waals surface area (Å²) in [5.74, 6) is -0.691. The van der Waals surface area contributed by atoms with E-state index in [0.717, 1.165) is 33.5 Å². The summed E-state index contributed by atoms with van der Waals surface area (Å²) in [6.45, 7) is 5.78. The van der Waals surface area contributed by atoms with E-state index < -0.39 is 6.04 Å². The Morgan fingerprint density at radius 1 is 0.824 bits per heavy atom. The number of aromatic nitrogens is 1. The molecule has 0 radical (unpaired) electrons. The average Bonchev–Trinajstić information content (AvgIpc) is 2.83. The van der Waals surface area contributed by atoms with Gasteiger partial charge in [-0.05, 0) is 65.9 Å². The molecular weight excluding hydrogens is 430 g/mol. The van der Waals surface area contributed by atoms with E-state index in [0.29, 0.717) is 16.8 Å². The highest BCUT2D eigenvalue weighted by Gasteiger charge is 2.27. The van der Waals surface area contributed by atoms with Crippen molar-refractivity contribution in [3.8, 4) is 22.4 Å². The van der Waals surface area contributed by atoms with Crippen molar-refractivity contribution < 1.29 is 13.9 Å². The van der Waals surface area contributed by atoms with Crippen LogP contribution in [0.25, 0.3) is 22.4 Å². The lowest BCUT2D eigenvalue weighted by Gasteiger charge is -2.26. The molecule has 0 aliphatic rings. The summed E-state index contributed by atoms with van der Waals surface area (Å²) in [5, 5.41) is 10.5. The van der Waals surface area contributed by atoms with Crippen LogP contribution in [-0.2, 0) is 6.61 Å². The number of benzene rings is 3. The molecule has 0 bridgehead atoms. The third-order valence-electron chi connectivity index (χ3n) is 6.07. The first kappa shape index (κ1) is 23.7. The van der Waals surface area contributed by atoms with Gasteiger partial charge in [-0.3, -0.25) is 4.98 Å². The van der Waals surface area contributed by atoms with Crippen LogP contribution in [0.3, 0.4) is 0 Å². The molecule has 1 atom stereocenters. The maximum Gasteiger partial charge on any atom is 0.123 e. The number of rotatable bonds is 6. The molecule has 174 valence electrons. The van der Waals surface area contributed by atoms with E-state index in [1.54, 1.807) is 24.3 Å². The number of aryl methyl sites for hydroxylation is 1. The third-order valence-corrected chi connectivity index (χ3v) is 6.07. The highest BCUT2D eigenvalue weighted by atomic mass is 19.1. The molecule has 0 spiro atoms. The molecule has 3 nitrogen and oxygen atoms in total. The van der Waals surface area contributed by atoms with E-state index in [2.05, 4.69) is 0 Å². The number of aliphatic hydroxyl groups excluding tert-OH is 1. The van der Waals surface area contributed by atoms with Crippen molar-refractivity contribution in [1.82, 2.24) is 4.98 Å². The van der Waals surface area contributed by atoms with Crippen molar-refractivity contribution in [1.29, 1.82) is 0 Å². The van der Waals surface area contributed by atoms with Gasteiger partial charge in [-0.2, -0.15) is 0 Å². The molecule has 1 aromatic heterocycles. The minimum Gasteiger partial charge on any atom is -0.392 e. The van der Waals surface area contributed by atoms with E-state index in [9.17, 15) is 13.9 Å². The van der Waals surface area contributed by atoms with Crippen LogP contribution in [-0.4, -0.2) is 10.1 Å². The SMILES string of the molecule is Cc1ccc(C(N)c2c(C(C)C)nc(-c3ccc(F)cc3)c(CO)c2-c2ccc(F)cc2)cc1. The zero-order valence-electron chi connectivity index (χ0n) is 19.5. The van der Waals surface area contributed by atoms with Gasteiger partial charge in [0.2, 0.25) is 0 Å². The molecule has 0 amide bonds. The fourth-order valence-electron chi connectivity index (χ4n) is 4.30. The van der Waals surface area contributed by atoms with Gasteiger partial charge in [-0.25, -0.2) is 8.78 Å². The first-order chi connectivity index (χ1) is 16.3. The van der Waals surface area contributed by atoms with Gasteiger partial charge < -0.3 is 10.8 Å². The molecule has 0 aliphatic carbocycles. The summed E-state index contributed by atoms with van der Waals surface area (Å²) in [4.78, 5) is 4.97. The molecule has 4 aromatic rings. The predicted molar refractivity (Wildman–Crippen MR) is 132 cm³/mol. The number of nitrogens with zero attached hydrogens (tertiary/aromatic N) is 1. The van der Waals surface area contributed by atoms with Gasteiger partial charge in [0.15, 0.2) is 0 Å². The molecule has 0 saturated carbocycles. The fraction of sp³-hybridized carbons (Fsp3) is 0.207. The molecular formula is C29H28F2N2O. The van der Waals surface area contributed by atoms with Crippen molar-refractivity contribution in [3.05, 3.63) is 112 Å². The van der Waals surface area contributed by atoms with Crippen molar-refractivity contribution in [3.63, 3.8) is 0 Å². The minimum atomic E-state index is -0.516. The first-order valence-electron chi connectivity index (χ1n) is 11.3. The van der Waals surface area contributed by atoms with E-state index >= 15 is 0 Å². The molecule has 5 heteroatoms. The van der Waals surface area contributed by atoms with Gasteiger partial charge in [0.05, 0.1) is 18.3 Å². The Balaban J connectivity index is 2.08. The Labute approximate surface area is 198 Å². The second-order valence-corrected chi connectivity index (χ2v) is 8.83. The lowest BCUT2D eigenvalue weighted by molar-refractivity contribution is 0.282. The molecule has 1 unspecified atom stereocenters. The summed E-state index contributed by atoms with van der Waals surface area (Å²) in [6, 6.07) is 19.7. The summed E-state index contributed by atoms with van der Waals surface area (Å²) < 4.78 is 27.5. The van der Waals surface area contributed by atoms with Crippen molar-refractivity contribution >= 4 is 0 Å². The molecule has 0 fully saturated rings. The Morgan fingerprint density at radius 3 is 1.85 bits per heavy atom. The average molecular weight is 459 g/mol. The van der Waals surface area contributed by atoms with Crippen LogP contribution in [0, 0.1) is 18.6 Å². The van der Waals surface area contributed by atoms with Crippen molar-refractivity contribution in [2.45, 2.75) is 39.3 Å². The Morgan fingerprint density at radius 2 is 1.35 bits per heavy atom. The molecule has 0 aliphatic heterocycles. The number of nitrogens with two attached hydrogens (primary N) is 1. The van der Waals surface area contributed by atoms with Crippen LogP contribution in [0.15, 0.2) is 72.8 Å². The summed E-state index contributed by atoms with van der Waals surface area (Å²) in [6.07, 6.45) is 0. The standard InChI is InChI=1S/C29H28F2N2O/c1-17(2)28-26(27(32)20-6-4-18(3)5-7-20)25(19-8-12-22(30)13-9-19)24(16-34)29(33-28)21-10-14-23(31)15-11-21/h4-15,17,27,34H,16,32H2,1-3H3. The van der Waals surface area contributed by atoms with Crippen LogP contribution in [0.4, 0.5) is 8.78 Å². The summed E-state index contributed by atoms with van der Waals surface area (Å²) in [5.41, 5.74) is 13.7. The number of halogens is 2. The minimum absolute atomic E-state index is 0.0117. The highest BCUT2D eigenvalue weighted by Crippen LogP contribution is 2.41. The Hall–Kier alpha value is -3.41. The Kier molecular flexibility index (Phi) is 6.87. The van der Waals surface area contributed by atoms with Gasteiger partial charge in [0.25, 0.3) is 0 Å². The highest BCUT2D eigenvalue weighted by molar-refractivity contribution is 5.80. The maximum atomic E-state index is 13.8. The number of aliphatic hydroxyl groups is 1. The number of pyridine rings is 1. The van der Waals surface area contributed by atoms with Crippen LogP contribution in [0.5, 0.6) is 0 Å². The molecule has 3 aromatic carbocycles. The lowest BCUT2D eigenvalue weighted by atomic mass is 9.83. The van der Waals surface area contributed by atoms with Gasteiger partial charge in [-0.1, -0.05) is 55.8 Å². The van der Waals surface area contributed by atoms with Gasteiger partial charge in [0.1, 0.15) is 11.6 Å². The van der Waals surface area contributed by atoms with Gasteiger partial charge >= 0.3 is 0 Å².